The highest BCUT2D eigenvalue weighted by Crippen LogP contribution is 2.26. The molecular formula is C26H31N3O6. The van der Waals surface area contributed by atoms with E-state index in [9.17, 15) is 14.4 Å². The molecule has 0 atom stereocenters. The van der Waals surface area contributed by atoms with Crippen molar-refractivity contribution in [3.8, 4) is 11.5 Å². The number of methoxy groups -OCH3 is 2. The molecule has 3 amide bonds. The Morgan fingerprint density at radius 1 is 0.857 bits per heavy atom. The molecule has 0 aliphatic carbocycles. The van der Waals surface area contributed by atoms with Crippen molar-refractivity contribution < 1.29 is 28.6 Å². The van der Waals surface area contributed by atoms with Crippen LogP contribution >= 0.6 is 0 Å². The number of carbonyl (C=O) groups excluding carboxylic acids is 3. The number of carbonyl (C=O) groups is 3. The number of hydrogen-bond donors (Lipinski definition) is 1. The minimum absolute atomic E-state index is 0.113. The normalized spacial score (nSPS) is 16.5. The number of rotatable bonds is 6. The second kappa shape index (κ2) is 11.2. The van der Waals surface area contributed by atoms with E-state index in [1.165, 1.54) is 0 Å². The zero-order chi connectivity index (χ0) is 24.8. The molecule has 0 unspecified atom stereocenters. The van der Waals surface area contributed by atoms with Crippen LogP contribution in [0.3, 0.4) is 0 Å². The molecule has 2 aliphatic rings. The van der Waals surface area contributed by atoms with Gasteiger partial charge in [-0.1, -0.05) is 12.1 Å². The second-order valence-electron chi connectivity index (χ2n) is 8.61. The fourth-order valence-corrected chi connectivity index (χ4v) is 4.41. The van der Waals surface area contributed by atoms with Gasteiger partial charge in [0.1, 0.15) is 11.5 Å². The summed E-state index contributed by atoms with van der Waals surface area (Å²) in [5, 5.41) is 2.95. The fraction of sp³-hybridized carbons (Fsp3) is 0.423. The lowest BCUT2D eigenvalue weighted by Crippen LogP contribution is -2.42. The van der Waals surface area contributed by atoms with Gasteiger partial charge in [-0.3, -0.25) is 14.4 Å². The zero-order valence-electron chi connectivity index (χ0n) is 20.1. The molecule has 0 aromatic heterocycles. The molecule has 2 heterocycles. The Morgan fingerprint density at radius 3 is 2.09 bits per heavy atom. The van der Waals surface area contributed by atoms with Crippen molar-refractivity contribution in [2.24, 2.45) is 5.92 Å². The quantitative estimate of drug-likeness (QED) is 0.681. The number of piperidine rings is 1. The average molecular weight is 482 g/mol. The number of ether oxygens (including phenoxy) is 3. The van der Waals surface area contributed by atoms with Gasteiger partial charge < -0.3 is 29.3 Å². The van der Waals surface area contributed by atoms with E-state index < -0.39 is 0 Å². The van der Waals surface area contributed by atoms with Crippen molar-refractivity contribution in [2.45, 2.75) is 12.8 Å². The van der Waals surface area contributed by atoms with Crippen LogP contribution in [0.2, 0.25) is 0 Å². The average Bonchev–Trinajstić information content (AvgIpc) is 2.92. The van der Waals surface area contributed by atoms with Crippen molar-refractivity contribution in [1.29, 1.82) is 0 Å². The van der Waals surface area contributed by atoms with Crippen molar-refractivity contribution in [1.82, 2.24) is 9.80 Å². The van der Waals surface area contributed by atoms with Crippen LogP contribution in [-0.4, -0.2) is 81.1 Å². The summed E-state index contributed by atoms with van der Waals surface area (Å²) in [4.78, 5) is 42.5. The smallest absolute Gasteiger partial charge is 0.256 e. The van der Waals surface area contributed by atoms with E-state index in [0.717, 1.165) is 0 Å². The molecule has 186 valence electrons. The molecule has 0 radical (unpaired) electrons. The summed E-state index contributed by atoms with van der Waals surface area (Å²) in [6.07, 6.45) is 1.08. The van der Waals surface area contributed by atoms with E-state index >= 15 is 0 Å². The van der Waals surface area contributed by atoms with Crippen molar-refractivity contribution >= 4 is 23.4 Å². The predicted molar refractivity (Wildman–Crippen MR) is 130 cm³/mol. The Bertz CT molecular complexity index is 1050. The molecule has 35 heavy (non-hydrogen) atoms. The van der Waals surface area contributed by atoms with Gasteiger partial charge in [0.15, 0.2) is 0 Å². The van der Waals surface area contributed by atoms with E-state index in [1.54, 1.807) is 66.5 Å². The fourth-order valence-electron chi connectivity index (χ4n) is 4.41. The lowest BCUT2D eigenvalue weighted by Gasteiger charge is -2.32. The largest absolute Gasteiger partial charge is 0.497 e. The third-order valence-electron chi connectivity index (χ3n) is 6.46. The van der Waals surface area contributed by atoms with Gasteiger partial charge in [-0.05, 0) is 37.1 Å². The zero-order valence-corrected chi connectivity index (χ0v) is 20.1. The van der Waals surface area contributed by atoms with Crippen LogP contribution in [-0.2, 0) is 9.53 Å². The van der Waals surface area contributed by atoms with E-state index in [4.69, 9.17) is 14.2 Å². The van der Waals surface area contributed by atoms with Gasteiger partial charge in [0, 0.05) is 43.7 Å². The Labute approximate surface area is 204 Å². The van der Waals surface area contributed by atoms with E-state index in [1.807, 2.05) is 0 Å². The highest BCUT2D eigenvalue weighted by Gasteiger charge is 2.29. The van der Waals surface area contributed by atoms with Gasteiger partial charge >= 0.3 is 0 Å². The number of hydrogen-bond acceptors (Lipinski definition) is 6. The first-order valence-electron chi connectivity index (χ1n) is 11.8. The van der Waals surface area contributed by atoms with Crippen LogP contribution in [0.25, 0.3) is 0 Å². The Balaban J connectivity index is 1.37. The third-order valence-corrected chi connectivity index (χ3v) is 6.46. The van der Waals surface area contributed by atoms with E-state index in [2.05, 4.69) is 5.32 Å². The Morgan fingerprint density at radius 2 is 1.46 bits per heavy atom. The number of morpholine rings is 1. The molecule has 2 saturated heterocycles. The molecule has 2 aliphatic heterocycles. The van der Waals surface area contributed by atoms with Gasteiger partial charge in [0.2, 0.25) is 5.91 Å². The molecule has 2 aromatic rings. The van der Waals surface area contributed by atoms with Crippen LogP contribution in [0.4, 0.5) is 5.69 Å². The van der Waals surface area contributed by atoms with Crippen molar-refractivity contribution in [3.63, 3.8) is 0 Å². The van der Waals surface area contributed by atoms with Gasteiger partial charge in [-0.2, -0.15) is 0 Å². The minimum atomic E-state index is -0.245. The van der Waals surface area contributed by atoms with Gasteiger partial charge in [0.25, 0.3) is 11.8 Å². The molecule has 9 nitrogen and oxygen atoms in total. The molecule has 0 saturated carbocycles. The predicted octanol–water partition coefficient (Wildman–Crippen LogP) is 2.67. The van der Waals surface area contributed by atoms with Gasteiger partial charge in [0.05, 0.1) is 38.7 Å². The lowest BCUT2D eigenvalue weighted by molar-refractivity contribution is -0.121. The van der Waals surface area contributed by atoms with E-state index in [-0.39, 0.29) is 23.6 Å². The molecule has 2 fully saturated rings. The van der Waals surface area contributed by atoms with Gasteiger partial charge in [-0.25, -0.2) is 0 Å². The number of nitrogens with one attached hydrogen (secondary N) is 1. The maximum atomic E-state index is 13.0. The highest BCUT2D eigenvalue weighted by atomic mass is 16.5. The maximum Gasteiger partial charge on any atom is 0.256 e. The topological polar surface area (TPSA) is 97.4 Å². The minimum Gasteiger partial charge on any atom is -0.497 e. The number of nitrogens with zero attached hydrogens (tertiary/aromatic N) is 2. The first kappa shape index (κ1) is 24.5. The molecular weight excluding hydrogens is 450 g/mol. The monoisotopic (exact) mass is 481 g/mol. The van der Waals surface area contributed by atoms with Crippen LogP contribution in [0.5, 0.6) is 11.5 Å². The number of likely N-dealkylation sites (tertiary alicyclic amines) is 1. The van der Waals surface area contributed by atoms with Crippen molar-refractivity contribution in [2.75, 3.05) is 58.9 Å². The van der Waals surface area contributed by atoms with Crippen molar-refractivity contribution in [3.05, 3.63) is 53.6 Å². The summed E-state index contributed by atoms with van der Waals surface area (Å²) in [6, 6.07) is 12.2. The van der Waals surface area contributed by atoms with Crippen LogP contribution in [0.15, 0.2) is 42.5 Å². The molecule has 4 rings (SSSR count). The summed E-state index contributed by atoms with van der Waals surface area (Å²) in [6.45, 7) is 3.02. The number of amides is 3. The molecule has 2 aromatic carbocycles. The maximum absolute atomic E-state index is 13.0. The second-order valence-corrected chi connectivity index (χ2v) is 8.61. The summed E-state index contributed by atoms with van der Waals surface area (Å²) in [5.74, 6) is 0.480. The Hall–Kier alpha value is -3.59. The number of anilines is 1. The Kier molecular flexibility index (Phi) is 7.87. The standard InChI is InChI=1S/C26H31N3O6/c1-33-20-15-19(16-21(17-20)34-2)25(31)28-9-7-18(8-10-28)24(30)27-23-6-4-3-5-22(23)26(32)29-11-13-35-14-12-29/h3-6,15-18H,7-14H2,1-2H3,(H,27,30). The first-order valence-corrected chi connectivity index (χ1v) is 11.8. The highest BCUT2D eigenvalue weighted by molar-refractivity contribution is 6.04. The lowest BCUT2D eigenvalue weighted by atomic mass is 9.95. The summed E-state index contributed by atoms with van der Waals surface area (Å²) in [5.41, 5.74) is 1.47. The molecule has 0 bridgehead atoms. The van der Waals surface area contributed by atoms with Gasteiger partial charge in [-0.15, -0.1) is 0 Å². The van der Waals surface area contributed by atoms with Crippen LogP contribution < -0.4 is 14.8 Å². The summed E-state index contributed by atoms with van der Waals surface area (Å²) in [7, 11) is 3.08. The summed E-state index contributed by atoms with van der Waals surface area (Å²) < 4.78 is 15.9. The van der Waals surface area contributed by atoms with Crippen LogP contribution in [0.1, 0.15) is 33.6 Å². The molecule has 0 spiro atoms. The first-order chi connectivity index (χ1) is 17.0. The third kappa shape index (κ3) is 5.74. The number of para-hydroxylation sites is 1. The molecule has 9 heteroatoms. The number of benzene rings is 2. The SMILES string of the molecule is COc1cc(OC)cc(C(=O)N2CCC(C(=O)Nc3ccccc3C(=O)N3CCOCC3)CC2)c1. The van der Waals surface area contributed by atoms with E-state index in [0.29, 0.717) is 80.5 Å². The summed E-state index contributed by atoms with van der Waals surface area (Å²) >= 11 is 0. The van der Waals surface area contributed by atoms with Crippen LogP contribution in [0, 0.1) is 5.92 Å². The molecule has 1 N–H and O–H groups in total.